The highest BCUT2D eigenvalue weighted by molar-refractivity contribution is 6.29. The molecule has 0 aromatic carbocycles. The molecule has 1 amide bonds. The third-order valence-electron chi connectivity index (χ3n) is 5.30. The number of carbonyl (C=O) groups excluding carboxylic acids is 1. The molecule has 0 saturated heterocycles. The van der Waals surface area contributed by atoms with Gasteiger partial charge in [-0.1, -0.05) is 30.6 Å². The van der Waals surface area contributed by atoms with Crippen molar-refractivity contribution in [3.8, 4) is 0 Å². The SMILES string of the molecule is CN(C)Cc1cc(C[C@@H]2C[C@H](NC(=O)c3ccnc(Cl)c3)C2(C)C)no1. The third-order valence-corrected chi connectivity index (χ3v) is 5.51. The Balaban J connectivity index is 1.57. The van der Waals surface area contributed by atoms with Crippen molar-refractivity contribution in [3.05, 3.63) is 46.6 Å². The molecule has 1 saturated carbocycles. The number of amides is 1. The average Bonchev–Trinajstić information content (AvgIpc) is 3.00. The quantitative estimate of drug-likeness (QED) is 0.784. The van der Waals surface area contributed by atoms with Gasteiger partial charge in [-0.3, -0.25) is 4.79 Å². The lowest BCUT2D eigenvalue weighted by Gasteiger charge is -2.52. The summed E-state index contributed by atoms with van der Waals surface area (Å²) < 4.78 is 5.39. The van der Waals surface area contributed by atoms with Crippen LogP contribution in [0.15, 0.2) is 28.9 Å². The minimum atomic E-state index is -0.111. The van der Waals surface area contributed by atoms with Crippen molar-refractivity contribution in [2.45, 2.75) is 39.3 Å². The van der Waals surface area contributed by atoms with Crippen LogP contribution in [0.2, 0.25) is 5.15 Å². The Morgan fingerprint density at radius 2 is 2.19 bits per heavy atom. The molecule has 140 valence electrons. The predicted octanol–water partition coefficient (Wildman–Crippen LogP) is 3.17. The van der Waals surface area contributed by atoms with Gasteiger partial charge in [0, 0.05) is 23.9 Å². The van der Waals surface area contributed by atoms with Gasteiger partial charge in [-0.2, -0.15) is 0 Å². The Labute approximate surface area is 158 Å². The number of nitrogens with one attached hydrogen (secondary N) is 1. The standard InChI is InChI=1S/C19H25ClN4O2/c1-19(2)13(8-14-10-15(26-23-14)11-24(3)4)9-16(19)22-18(25)12-5-6-21-17(20)7-12/h5-7,10,13,16H,8-9,11H2,1-4H3,(H,22,25)/t13-,16+/m1/s1. The maximum absolute atomic E-state index is 12.4. The van der Waals surface area contributed by atoms with E-state index in [1.165, 1.54) is 0 Å². The normalized spacial score (nSPS) is 21.5. The summed E-state index contributed by atoms with van der Waals surface area (Å²) in [6, 6.07) is 5.41. The van der Waals surface area contributed by atoms with Crippen LogP contribution < -0.4 is 5.32 Å². The Morgan fingerprint density at radius 1 is 1.42 bits per heavy atom. The molecule has 2 aromatic rings. The first-order valence-electron chi connectivity index (χ1n) is 8.77. The van der Waals surface area contributed by atoms with Crippen molar-refractivity contribution in [1.82, 2.24) is 20.4 Å². The second-order valence-electron chi connectivity index (χ2n) is 7.87. The van der Waals surface area contributed by atoms with E-state index >= 15 is 0 Å². The predicted molar refractivity (Wildman–Crippen MR) is 100.0 cm³/mol. The summed E-state index contributed by atoms with van der Waals surface area (Å²) in [4.78, 5) is 18.4. The fourth-order valence-electron chi connectivity index (χ4n) is 3.48. The maximum atomic E-state index is 12.4. The molecule has 1 N–H and O–H groups in total. The number of aromatic nitrogens is 2. The first kappa shape index (κ1) is 18.9. The fraction of sp³-hybridized carbons (Fsp3) is 0.526. The average molecular weight is 377 g/mol. The van der Waals surface area contributed by atoms with Crippen LogP contribution in [0.1, 0.15) is 42.1 Å². The molecule has 0 aliphatic heterocycles. The van der Waals surface area contributed by atoms with Gasteiger partial charge in [0.25, 0.3) is 5.91 Å². The molecular formula is C19H25ClN4O2. The summed E-state index contributed by atoms with van der Waals surface area (Å²) in [7, 11) is 4.00. The van der Waals surface area contributed by atoms with Crippen molar-refractivity contribution in [2.75, 3.05) is 14.1 Å². The lowest BCUT2D eigenvalue weighted by atomic mass is 9.57. The Hall–Kier alpha value is -1.92. The minimum absolute atomic E-state index is 0.00680. The molecule has 0 unspecified atom stereocenters. The van der Waals surface area contributed by atoms with Crippen LogP contribution in [0.25, 0.3) is 0 Å². The number of halogens is 1. The van der Waals surface area contributed by atoms with Gasteiger partial charge in [0.05, 0.1) is 12.2 Å². The van der Waals surface area contributed by atoms with Gasteiger partial charge in [0.2, 0.25) is 0 Å². The Kier molecular flexibility index (Phi) is 5.34. The molecule has 3 rings (SSSR count). The molecule has 26 heavy (non-hydrogen) atoms. The van der Waals surface area contributed by atoms with Gasteiger partial charge in [-0.15, -0.1) is 0 Å². The van der Waals surface area contributed by atoms with Gasteiger partial charge < -0.3 is 14.7 Å². The van der Waals surface area contributed by atoms with E-state index in [1.807, 2.05) is 20.2 Å². The summed E-state index contributed by atoms with van der Waals surface area (Å²) in [5.41, 5.74) is 1.51. The van der Waals surface area contributed by atoms with E-state index in [2.05, 4.69) is 34.2 Å². The summed E-state index contributed by atoms with van der Waals surface area (Å²) in [5, 5.41) is 7.63. The van der Waals surface area contributed by atoms with Crippen molar-refractivity contribution >= 4 is 17.5 Å². The van der Waals surface area contributed by atoms with Crippen molar-refractivity contribution in [2.24, 2.45) is 11.3 Å². The number of hydrogen-bond donors (Lipinski definition) is 1. The van der Waals surface area contributed by atoms with Crippen molar-refractivity contribution in [3.63, 3.8) is 0 Å². The molecule has 1 aliphatic carbocycles. The zero-order valence-corrected chi connectivity index (χ0v) is 16.4. The van der Waals surface area contributed by atoms with Crippen molar-refractivity contribution in [1.29, 1.82) is 0 Å². The number of nitrogens with zero attached hydrogens (tertiary/aromatic N) is 3. The first-order chi connectivity index (χ1) is 12.3. The molecule has 1 fully saturated rings. The van der Waals surface area contributed by atoms with Crippen LogP contribution in [0.4, 0.5) is 0 Å². The molecule has 0 spiro atoms. The van der Waals surface area contributed by atoms with Gasteiger partial charge in [0.15, 0.2) is 5.76 Å². The summed E-state index contributed by atoms with van der Waals surface area (Å²) in [5.74, 6) is 1.22. The van der Waals surface area contributed by atoms with E-state index in [-0.39, 0.29) is 17.4 Å². The highest BCUT2D eigenvalue weighted by Gasteiger charge is 2.48. The topological polar surface area (TPSA) is 71.3 Å². The summed E-state index contributed by atoms with van der Waals surface area (Å²) >= 11 is 5.87. The number of rotatable bonds is 6. The first-order valence-corrected chi connectivity index (χ1v) is 9.15. The van der Waals surface area contributed by atoms with Crippen LogP contribution >= 0.6 is 11.6 Å². The second-order valence-corrected chi connectivity index (χ2v) is 8.26. The van der Waals surface area contributed by atoms with Gasteiger partial charge in [-0.05, 0) is 50.4 Å². The van der Waals surface area contributed by atoms with Crippen LogP contribution in [0.5, 0.6) is 0 Å². The molecule has 1 aliphatic rings. The van der Waals surface area contributed by atoms with E-state index in [1.54, 1.807) is 18.3 Å². The smallest absolute Gasteiger partial charge is 0.251 e. The van der Waals surface area contributed by atoms with Gasteiger partial charge >= 0.3 is 0 Å². The fourth-order valence-corrected chi connectivity index (χ4v) is 3.66. The molecule has 2 aromatic heterocycles. The maximum Gasteiger partial charge on any atom is 0.251 e. The lowest BCUT2D eigenvalue weighted by Crippen LogP contribution is -2.58. The van der Waals surface area contributed by atoms with Crippen LogP contribution in [0, 0.1) is 11.3 Å². The van der Waals surface area contributed by atoms with E-state index in [9.17, 15) is 4.79 Å². The van der Waals surface area contributed by atoms with E-state index in [0.717, 1.165) is 30.8 Å². The summed E-state index contributed by atoms with van der Waals surface area (Å²) in [6.07, 6.45) is 3.33. The molecule has 2 atom stereocenters. The highest BCUT2D eigenvalue weighted by Crippen LogP contribution is 2.47. The van der Waals surface area contributed by atoms with E-state index < -0.39 is 0 Å². The molecular weight excluding hydrogens is 352 g/mol. The van der Waals surface area contributed by atoms with E-state index in [0.29, 0.717) is 16.6 Å². The van der Waals surface area contributed by atoms with E-state index in [4.69, 9.17) is 16.1 Å². The number of hydrogen-bond acceptors (Lipinski definition) is 5. The number of pyridine rings is 1. The zero-order chi connectivity index (χ0) is 18.9. The molecule has 0 bridgehead atoms. The third kappa shape index (κ3) is 4.07. The highest BCUT2D eigenvalue weighted by atomic mass is 35.5. The van der Waals surface area contributed by atoms with Crippen LogP contribution in [0.3, 0.4) is 0 Å². The largest absolute Gasteiger partial charge is 0.360 e. The monoisotopic (exact) mass is 376 g/mol. The van der Waals surface area contributed by atoms with Crippen LogP contribution in [-0.2, 0) is 13.0 Å². The zero-order valence-electron chi connectivity index (χ0n) is 15.6. The Bertz CT molecular complexity index is 787. The van der Waals surface area contributed by atoms with Crippen molar-refractivity contribution < 1.29 is 9.32 Å². The molecule has 7 heteroatoms. The molecule has 2 heterocycles. The lowest BCUT2D eigenvalue weighted by molar-refractivity contribution is 0.0138. The van der Waals surface area contributed by atoms with Gasteiger partial charge in [-0.25, -0.2) is 4.98 Å². The summed E-state index contributed by atoms with van der Waals surface area (Å²) in [6.45, 7) is 5.12. The molecule has 6 nitrogen and oxygen atoms in total. The van der Waals surface area contributed by atoms with Gasteiger partial charge in [0.1, 0.15) is 5.15 Å². The number of carbonyl (C=O) groups is 1. The minimum Gasteiger partial charge on any atom is -0.360 e. The van der Waals surface area contributed by atoms with Crippen LogP contribution in [-0.4, -0.2) is 41.1 Å². The Morgan fingerprint density at radius 3 is 2.85 bits per heavy atom. The second kappa shape index (κ2) is 7.37. The molecule has 0 radical (unpaired) electrons.